The molecule has 4 heterocycles. The number of aromatic nitrogens is 4. The van der Waals surface area contributed by atoms with Crippen LogP contribution in [0.2, 0.25) is 0 Å². The molecule has 4 heteroatoms. The molecule has 262 valence electrons. The van der Waals surface area contributed by atoms with Crippen LogP contribution in [0.15, 0.2) is 207 Å². The molecule has 0 N–H and O–H groups in total. The molecular weight excluding hydrogens is 681 g/mol. The molecule has 0 unspecified atom stereocenters. The molecule has 0 aliphatic rings. The summed E-state index contributed by atoms with van der Waals surface area (Å²) < 4.78 is 0. The van der Waals surface area contributed by atoms with Crippen LogP contribution in [-0.4, -0.2) is 19.9 Å². The highest BCUT2D eigenvalue weighted by Gasteiger charge is 2.16. The van der Waals surface area contributed by atoms with Crippen molar-refractivity contribution in [2.24, 2.45) is 0 Å². The Balaban J connectivity index is 1.04. The van der Waals surface area contributed by atoms with Crippen LogP contribution in [0.4, 0.5) is 0 Å². The first-order valence-electron chi connectivity index (χ1n) is 18.8. The van der Waals surface area contributed by atoms with Crippen molar-refractivity contribution in [3.63, 3.8) is 0 Å². The summed E-state index contributed by atoms with van der Waals surface area (Å²) in [7, 11) is 0. The summed E-state index contributed by atoms with van der Waals surface area (Å²) in [6.45, 7) is 0. The van der Waals surface area contributed by atoms with Gasteiger partial charge in [0.2, 0.25) is 0 Å². The monoisotopic (exact) mass is 714 g/mol. The van der Waals surface area contributed by atoms with Crippen LogP contribution in [0.25, 0.3) is 100 Å². The summed E-state index contributed by atoms with van der Waals surface area (Å²) in [4.78, 5) is 19.4. The van der Waals surface area contributed by atoms with Gasteiger partial charge in [-0.25, -0.2) is 9.97 Å². The maximum absolute atomic E-state index is 5.28. The minimum atomic E-state index is 0.811. The van der Waals surface area contributed by atoms with Gasteiger partial charge in [0, 0.05) is 34.1 Å². The number of nitrogens with zero attached hydrogens (tertiary/aromatic N) is 4. The van der Waals surface area contributed by atoms with Gasteiger partial charge in [-0.2, -0.15) is 0 Å². The Morgan fingerprint density at radius 1 is 0.286 bits per heavy atom. The lowest BCUT2D eigenvalue weighted by molar-refractivity contribution is 1.22. The van der Waals surface area contributed by atoms with Gasteiger partial charge in [0.25, 0.3) is 0 Å². The maximum atomic E-state index is 5.28. The second-order valence-corrected chi connectivity index (χ2v) is 13.9. The van der Waals surface area contributed by atoms with E-state index in [0.29, 0.717) is 0 Å². The van der Waals surface area contributed by atoms with Crippen molar-refractivity contribution in [1.29, 1.82) is 0 Å². The van der Waals surface area contributed by atoms with Gasteiger partial charge in [0.1, 0.15) is 0 Å². The van der Waals surface area contributed by atoms with Crippen LogP contribution in [0.1, 0.15) is 0 Å². The number of hydrogen-bond acceptors (Lipinski definition) is 4. The van der Waals surface area contributed by atoms with E-state index < -0.39 is 0 Å². The molecule has 56 heavy (non-hydrogen) atoms. The molecule has 0 saturated carbocycles. The second kappa shape index (κ2) is 14.3. The van der Waals surface area contributed by atoms with Crippen molar-refractivity contribution < 1.29 is 0 Å². The van der Waals surface area contributed by atoms with Crippen LogP contribution in [0.5, 0.6) is 0 Å². The number of pyridine rings is 4. The average Bonchev–Trinajstić information content (AvgIpc) is 3.29. The van der Waals surface area contributed by atoms with E-state index in [-0.39, 0.29) is 0 Å². The lowest BCUT2D eigenvalue weighted by atomic mass is 9.91. The fourth-order valence-electron chi connectivity index (χ4n) is 7.63. The summed E-state index contributed by atoms with van der Waals surface area (Å²) in [6, 6.07) is 68.0. The van der Waals surface area contributed by atoms with Gasteiger partial charge in [0.05, 0.1) is 34.0 Å². The molecule has 10 aromatic rings. The highest BCUT2D eigenvalue weighted by Crippen LogP contribution is 2.40. The van der Waals surface area contributed by atoms with Crippen LogP contribution >= 0.6 is 0 Å². The number of hydrogen-bond donors (Lipinski definition) is 0. The lowest BCUT2D eigenvalue weighted by Crippen LogP contribution is -1.94. The largest absolute Gasteiger partial charge is 0.255 e. The van der Waals surface area contributed by atoms with E-state index in [1.807, 2.05) is 36.4 Å². The third-order valence-corrected chi connectivity index (χ3v) is 10.4. The van der Waals surface area contributed by atoms with Crippen molar-refractivity contribution >= 4 is 21.7 Å². The first kappa shape index (κ1) is 33.0. The van der Waals surface area contributed by atoms with E-state index in [9.17, 15) is 0 Å². The number of rotatable bonds is 7. The molecule has 0 spiro atoms. The third kappa shape index (κ3) is 6.29. The topological polar surface area (TPSA) is 51.6 Å². The molecule has 0 aliphatic carbocycles. The van der Waals surface area contributed by atoms with Gasteiger partial charge in [-0.05, 0) is 99.1 Å². The summed E-state index contributed by atoms with van der Waals surface area (Å²) in [6.07, 6.45) is 3.60. The molecule has 0 fully saturated rings. The fourth-order valence-corrected chi connectivity index (χ4v) is 7.63. The molecule has 0 bridgehead atoms. The van der Waals surface area contributed by atoms with Gasteiger partial charge in [-0.3, -0.25) is 9.97 Å². The molecule has 4 nitrogen and oxygen atoms in total. The molecule has 0 amide bonds. The van der Waals surface area contributed by atoms with Crippen molar-refractivity contribution in [2.45, 2.75) is 0 Å². The SMILES string of the molecule is c1ccc(-c2nc3ccc(-c4cccc(-c5ccc(-c6cc(-c7ccccn7)nc(-c7ccccn7)c6)cc5)c4)cc3c3c(-c4ccccc4)cccc23)cc1. The predicted octanol–water partition coefficient (Wildman–Crippen LogP) is 13.2. The Hall–Kier alpha value is -7.56. The molecule has 0 radical (unpaired) electrons. The number of benzene rings is 6. The second-order valence-electron chi connectivity index (χ2n) is 13.9. The Kier molecular flexibility index (Phi) is 8.47. The van der Waals surface area contributed by atoms with Gasteiger partial charge >= 0.3 is 0 Å². The Labute approximate surface area is 325 Å². The fraction of sp³-hybridized carbons (Fsp3) is 0. The first-order valence-corrected chi connectivity index (χ1v) is 18.8. The summed E-state index contributed by atoms with van der Waals surface area (Å²) in [5, 5.41) is 3.49. The van der Waals surface area contributed by atoms with Crippen LogP contribution in [0.3, 0.4) is 0 Å². The normalized spacial score (nSPS) is 11.2. The van der Waals surface area contributed by atoms with Gasteiger partial charge in [0.15, 0.2) is 0 Å². The molecule has 0 aliphatic heterocycles. The highest BCUT2D eigenvalue weighted by atomic mass is 14.8. The van der Waals surface area contributed by atoms with Crippen molar-refractivity contribution in [1.82, 2.24) is 19.9 Å². The zero-order chi connectivity index (χ0) is 37.3. The van der Waals surface area contributed by atoms with Gasteiger partial charge < -0.3 is 0 Å². The number of fused-ring (bicyclic) bond motifs is 3. The highest BCUT2D eigenvalue weighted by molar-refractivity contribution is 6.17. The zero-order valence-corrected chi connectivity index (χ0v) is 30.4. The maximum Gasteiger partial charge on any atom is 0.0900 e. The van der Waals surface area contributed by atoms with E-state index in [1.165, 1.54) is 16.5 Å². The van der Waals surface area contributed by atoms with Crippen LogP contribution < -0.4 is 0 Å². The van der Waals surface area contributed by atoms with E-state index in [0.717, 1.165) is 83.7 Å². The summed E-state index contributed by atoms with van der Waals surface area (Å²) in [5.41, 5.74) is 15.5. The predicted molar refractivity (Wildman–Crippen MR) is 231 cm³/mol. The smallest absolute Gasteiger partial charge is 0.0900 e. The lowest BCUT2D eigenvalue weighted by Gasteiger charge is -2.15. The van der Waals surface area contributed by atoms with E-state index in [1.54, 1.807) is 12.4 Å². The van der Waals surface area contributed by atoms with E-state index in [2.05, 4.69) is 168 Å². The Morgan fingerprint density at radius 3 is 1.46 bits per heavy atom. The van der Waals surface area contributed by atoms with Crippen molar-refractivity contribution in [2.75, 3.05) is 0 Å². The third-order valence-electron chi connectivity index (χ3n) is 10.4. The molecule has 4 aromatic heterocycles. The Morgan fingerprint density at radius 2 is 0.821 bits per heavy atom. The summed E-state index contributed by atoms with van der Waals surface area (Å²) in [5.74, 6) is 0. The van der Waals surface area contributed by atoms with E-state index in [4.69, 9.17) is 9.97 Å². The average molecular weight is 715 g/mol. The quantitative estimate of drug-likeness (QED) is 0.154. The molecular formula is C52H34N4. The van der Waals surface area contributed by atoms with Crippen molar-refractivity contribution in [3.8, 4) is 78.5 Å². The van der Waals surface area contributed by atoms with E-state index >= 15 is 0 Å². The van der Waals surface area contributed by atoms with Crippen molar-refractivity contribution in [3.05, 3.63) is 207 Å². The van der Waals surface area contributed by atoms with Crippen LogP contribution in [0, 0.1) is 0 Å². The van der Waals surface area contributed by atoms with Gasteiger partial charge in [-0.15, -0.1) is 0 Å². The summed E-state index contributed by atoms with van der Waals surface area (Å²) >= 11 is 0. The minimum absolute atomic E-state index is 0.811. The first-order chi connectivity index (χ1) is 27.7. The molecule has 0 saturated heterocycles. The minimum Gasteiger partial charge on any atom is -0.255 e. The van der Waals surface area contributed by atoms with Crippen LogP contribution in [-0.2, 0) is 0 Å². The molecule has 0 atom stereocenters. The zero-order valence-electron chi connectivity index (χ0n) is 30.4. The molecule has 10 rings (SSSR count). The van der Waals surface area contributed by atoms with Gasteiger partial charge in [-0.1, -0.05) is 140 Å². The standard InChI is InChI=1S/C52H34N4/c1-3-13-37(14-4-1)43-19-12-20-44-51(43)45-32-41(27-28-46(45)56-52(44)38-15-5-2-6-16-38)40-18-11-17-39(31-40)35-23-25-36(26-24-35)42-33-49(47-21-7-9-29-53-47)55-50(34-42)48-22-8-10-30-54-48/h1-34H. The molecule has 6 aromatic carbocycles. The Bertz CT molecular complexity index is 2930.